The van der Waals surface area contributed by atoms with Gasteiger partial charge in [-0.2, -0.15) is 0 Å². The second-order valence-corrected chi connectivity index (χ2v) is 6.79. The molecule has 0 fully saturated rings. The van der Waals surface area contributed by atoms with Crippen LogP contribution in [-0.2, 0) is 16.5 Å². The minimum atomic E-state index is -4.34. The molecule has 0 heterocycles. The van der Waals surface area contributed by atoms with Gasteiger partial charge in [-0.25, -0.2) is 8.42 Å². The van der Waals surface area contributed by atoms with Gasteiger partial charge >= 0.3 is 29.6 Å². The molecular formula is C16H25NaO3S. The summed E-state index contributed by atoms with van der Waals surface area (Å²) in [6, 6.07) is 4.65. The Morgan fingerprint density at radius 3 is 2.14 bits per heavy atom. The van der Waals surface area contributed by atoms with Gasteiger partial charge in [-0.1, -0.05) is 51.5 Å². The molecule has 0 spiro atoms. The Morgan fingerprint density at radius 1 is 1.00 bits per heavy atom. The van der Waals surface area contributed by atoms with Crippen LogP contribution < -0.4 is 29.6 Å². The molecule has 1 aromatic rings. The Labute approximate surface area is 151 Å². The van der Waals surface area contributed by atoms with E-state index in [9.17, 15) is 13.0 Å². The van der Waals surface area contributed by atoms with Crippen LogP contribution in [0.3, 0.4) is 0 Å². The Kier molecular flexibility index (Phi) is 10.9. The molecule has 0 N–H and O–H groups in total. The Balaban J connectivity index is 0.00000400. The first-order chi connectivity index (χ1) is 9.45. The van der Waals surface area contributed by atoms with Crippen LogP contribution in [-0.4, -0.2) is 13.0 Å². The second-order valence-electron chi connectivity index (χ2n) is 5.41. The average molecular weight is 320 g/mol. The van der Waals surface area contributed by atoms with Crippen molar-refractivity contribution in [3.05, 3.63) is 29.3 Å². The summed E-state index contributed by atoms with van der Waals surface area (Å²) >= 11 is 0. The van der Waals surface area contributed by atoms with E-state index in [4.69, 9.17) is 0 Å². The summed E-state index contributed by atoms with van der Waals surface area (Å²) < 4.78 is 33.1. The Morgan fingerprint density at radius 2 is 1.57 bits per heavy atom. The summed E-state index contributed by atoms with van der Waals surface area (Å²) in [5.74, 6) is 0. The predicted molar refractivity (Wildman–Crippen MR) is 80.8 cm³/mol. The number of unbranched alkanes of at least 4 members (excludes halogenated alkanes) is 6. The van der Waals surface area contributed by atoms with Crippen LogP contribution >= 0.6 is 0 Å². The van der Waals surface area contributed by atoms with Crippen LogP contribution in [0.4, 0.5) is 0 Å². The molecule has 0 unspecified atom stereocenters. The van der Waals surface area contributed by atoms with Crippen molar-refractivity contribution in [2.75, 3.05) is 0 Å². The number of benzene rings is 1. The first-order valence-electron chi connectivity index (χ1n) is 7.50. The zero-order valence-corrected chi connectivity index (χ0v) is 16.3. The normalized spacial score (nSPS) is 11.2. The molecule has 3 nitrogen and oxygen atoms in total. The van der Waals surface area contributed by atoms with E-state index in [-0.39, 0.29) is 34.5 Å². The van der Waals surface area contributed by atoms with Gasteiger partial charge in [-0.15, -0.1) is 0 Å². The molecule has 0 atom stereocenters. The summed E-state index contributed by atoms with van der Waals surface area (Å²) in [4.78, 5) is -0.110. The maximum absolute atomic E-state index is 11.0. The van der Waals surface area contributed by atoms with Gasteiger partial charge < -0.3 is 4.55 Å². The van der Waals surface area contributed by atoms with E-state index in [1.54, 1.807) is 6.07 Å². The van der Waals surface area contributed by atoms with E-state index >= 15 is 0 Å². The topological polar surface area (TPSA) is 57.2 Å². The molecular weight excluding hydrogens is 295 g/mol. The summed E-state index contributed by atoms with van der Waals surface area (Å²) in [6.45, 7) is 4.16. The van der Waals surface area contributed by atoms with Gasteiger partial charge in [0, 0.05) is 0 Å². The number of hydrogen-bond acceptors (Lipinski definition) is 3. The summed E-state index contributed by atoms with van der Waals surface area (Å²) in [5.41, 5.74) is 2.04. The molecule has 0 radical (unpaired) electrons. The van der Waals surface area contributed by atoms with Crippen LogP contribution in [0.15, 0.2) is 23.1 Å². The van der Waals surface area contributed by atoms with Crippen molar-refractivity contribution < 1.29 is 42.5 Å². The van der Waals surface area contributed by atoms with Crippen molar-refractivity contribution in [3.8, 4) is 0 Å². The average Bonchev–Trinajstić information content (AvgIpc) is 2.38. The zero-order chi connectivity index (χ0) is 15.0. The number of rotatable bonds is 9. The van der Waals surface area contributed by atoms with Crippen molar-refractivity contribution in [2.24, 2.45) is 0 Å². The molecule has 21 heavy (non-hydrogen) atoms. The van der Waals surface area contributed by atoms with Gasteiger partial charge in [0.25, 0.3) is 0 Å². The standard InChI is InChI=1S/C16H26O3S.Na/c1-3-4-5-6-7-8-9-10-15-13-16(20(17,18)19)12-11-14(15)2;/h11-13H,3-10H2,1-2H3,(H,17,18,19);/q;+1/p-1. The fourth-order valence-electron chi connectivity index (χ4n) is 2.35. The van der Waals surface area contributed by atoms with Crippen molar-refractivity contribution >= 4 is 10.1 Å². The maximum atomic E-state index is 11.0. The van der Waals surface area contributed by atoms with Gasteiger partial charge in [0.05, 0.1) is 4.90 Å². The van der Waals surface area contributed by atoms with E-state index in [1.165, 1.54) is 44.2 Å². The van der Waals surface area contributed by atoms with E-state index in [0.29, 0.717) is 0 Å². The van der Waals surface area contributed by atoms with Crippen LogP contribution in [0, 0.1) is 6.92 Å². The van der Waals surface area contributed by atoms with E-state index < -0.39 is 10.1 Å². The second kappa shape index (κ2) is 10.8. The van der Waals surface area contributed by atoms with E-state index in [1.807, 2.05) is 6.92 Å². The summed E-state index contributed by atoms with van der Waals surface area (Å²) in [5, 5.41) is 0. The number of hydrogen-bond donors (Lipinski definition) is 0. The van der Waals surface area contributed by atoms with E-state index in [0.717, 1.165) is 30.4 Å². The quantitative estimate of drug-likeness (QED) is 0.390. The van der Waals surface area contributed by atoms with Gasteiger partial charge in [-0.05, 0) is 43.0 Å². The zero-order valence-electron chi connectivity index (χ0n) is 13.5. The van der Waals surface area contributed by atoms with Crippen molar-refractivity contribution in [3.63, 3.8) is 0 Å². The molecule has 1 rings (SSSR count). The van der Waals surface area contributed by atoms with Gasteiger partial charge in [0.2, 0.25) is 0 Å². The molecule has 0 bridgehead atoms. The first kappa shape index (κ1) is 21.1. The predicted octanol–water partition coefficient (Wildman–Crippen LogP) is 1.20. The van der Waals surface area contributed by atoms with Crippen molar-refractivity contribution in [2.45, 2.75) is 70.1 Å². The molecule has 0 saturated carbocycles. The minimum Gasteiger partial charge on any atom is -0.744 e. The molecule has 0 aromatic heterocycles. The molecule has 114 valence electrons. The fraction of sp³-hybridized carbons (Fsp3) is 0.625. The molecule has 0 aliphatic heterocycles. The smallest absolute Gasteiger partial charge is 0.744 e. The number of aryl methyl sites for hydroxylation is 2. The van der Waals surface area contributed by atoms with Crippen molar-refractivity contribution in [1.82, 2.24) is 0 Å². The molecule has 5 heteroatoms. The molecule has 0 aliphatic rings. The third-order valence-corrected chi connectivity index (χ3v) is 4.49. The molecule has 0 saturated heterocycles. The fourth-order valence-corrected chi connectivity index (χ4v) is 2.87. The maximum Gasteiger partial charge on any atom is 1.00 e. The van der Waals surface area contributed by atoms with Crippen LogP contribution in [0.2, 0.25) is 0 Å². The molecule has 1 aromatic carbocycles. The van der Waals surface area contributed by atoms with Crippen LogP contribution in [0.1, 0.15) is 63.0 Å². The molecule has 0 amide bonds. The minimum absolute atomic E-state index is 0. The van der Waals surface area contributed by atoms with Crippen LogP contribution in [0.5, 0.6) is 0 Å². The van der Waals surface area contributed by atoms with Gasteiger partial charge in [0.15, 0.2) is 0 Å². The first-order valence-corrected chi connectivity index (χ1v) is 8.91. The monoisotopic (exact) mass is 320 g/mol. The summed E-state index contributed by atoms with van der Waals surface area (Å²) in [7, 11) is -4.34. The Bertz CT molecular complexity index is 512. The SMILES string of the molecule is CCCCCCCCCc1cc(S(=O)(=O)[O-])ccc1C.[Na+]. The largest absolute Gasteiger partial charge is 1.00 e. The van der Waals surface area contributed by atoms with E-state index in [2.05, 4.69) is 6.92 Å². The Hall–Kier alpha value is 0.130. The molecule has 0 aliphatic carbocycles. The van der Waals surface area contributed by atoms with Crippen molar-refractivity contribution in [1.29, 1.82) is 0 Å². The van der Waals surface area contributed by atoms with Gasteiger partial charge in [-0.3, -0.25) is 0 Å². The summed E-state index contributed by atoms with van der Waals surface area (Å²) in [6.07, 6.45) is 9.45. The third kappa shape index (κ3) is 8.36. The van der Waals surface area contributed by atoms with Crippen LogP contribution in [0.25, 0.3) is 0 Å². The van der Waals surface area contributed by atoms with Gasteiger partial charge in [0.1, 0.15) is 10.1 Å². The third-order valence-electron chi connectivity index (χ3n) is 3.66.